The molecule has 1 amide bonds. The van der Waals surface area contributed by atoms with Crippen molar-refractivity contribution in [1.82, 2.24) is 0 Å². The molecular weight excluding hydrogens is 252 g/mol. The van der Waals surface area contributed by atoms with Gasteiger partial charge in [-0.2, -0.15) is 5.26 Å². The third kappa shape index (κ3) is 3.11. The lowest BCUT2D eigenvalue weighted by atomic mass is 9.82. The summed E-state index contributed by atoms with van der Waals surface area (Å²) in [7, 11) is 1.54. The minimum atomic E-state index is -0.00194. The van der Waals surface area contributed by atoms with Gasteiger partial charge in [0.1, 0.15) is 17.5 Å². The molecule has 0 saturated heterocycles. The number of methoxy groups -OCH3 is 1. The van der Waals surface area contributed by atoms with Gasteiger partial charge in [-0.05, 0) is 43.7 Å². The van der Waals surface area contributed by atoms with Crippen molar-refractivity contribution in [1.29, 1.82) is 5.26 Å². The number of ether oxygens (including phenoxy) is 1. The molecule has 0 spiro atoms. The molecule has 0 heterocycles. The second kappa shape index (κ2) is 6.42. The summed E-state index contributed by atoms with van der Waals surface area (Å²) in [5.41, 5.74) is 0.919. The molecule has 106 valence electrons. The lowest BCUT2D eigenvalue weighted by molar-refractivity contribution is -0.121. The largest absolute Gasteiger partial charge is 0.495 e. The van der Waals surface area contributed by atoms with E-state index in [1.165, 1.54) is 7.11 Å². The van der Waals surface area contributed by atoms with Crippen molar-refractivity contribution in [2.24, 2.45) is 11.8 Å². The number of nitrogens with one attached hydrogen (secondary N) is 1. The number of anilines is 1. The first kappa shape index (κ1) is 14.4. The Morgan fingerprint density at radius 3 is 2.65 bits per heavy atom. The first-order valence-corrected chi connectivity index (χ1v) is 7.03. The van der Waals surface area contributed by atoms with E-state index in [-0.39, 0.29) is 11.8 Å². The first-order chi connectivity index (χ1) is 9.65. The van der Waals surface area contributed by atoms with Crippen molar-refractivity contribution in [3.8, 4) is 11.8 Å². The summed E-state index contributed by atoms with van der Waals surface area (Å²) in [5, 5.41) is 12.0. The first-order valence-electron chi connectivity index (χ1n) is 7.03. The van der Waals surface area contributed by atoms with Crippen LogP contribution in [-0.2, 0) is 4.79 Å². The van der Waals surface area contributed by atoms with E-state index in [4.69, 9.17) is 10.00 Å². The summed E-state index contributed by atoms with van der Waals surface area (Å²) in [6.45, 7) is 2.22. The Balaban J connectivity index is 2.13. The minimum Gasteiger partial charge on any atom is -0.495 e. The molecule has 1 N–H and O–H groups in total. The molecule has 1 aromatic rings. The molecule has 0 aromatic heterocycles. The van der Waals surface area contributed by atoms with E-state index in [2.05, 4.69) is 18.3 Å². The van der Waals surface area contributed by atoms with Crippen LogP contribution in [0.4, 0.5) is 5.69 Å². The molecule has 0 aliphatic heterocycles. The smallest absolute Gasteiger partial charge is 0.227 e. The van der Waals surface area contributed by atoms with Gasteiger partial charge in [-0.25, -0.2) is 0 Å². The van der Waals surface area contributed by atoms with Crippen molar-refractivity contribution in [3.63, 3.8) is 0 Å². The van der Waals surface area contributed by atoms with Gasteiger partial charge in [-0.3, -0.25) is 4.79 Å². The van der Waals surface area contributed by atoms with Crippen molar-refractivity contribution in [2.75, 3.05) is 12.4 Å². The van der Waals surface area contributed by atoms with E-state index in [1.807, 2.05) is 0 Å². The molecule has 1 aliphatic carbocycles. The van der Waals surface area contributed by atoms with Crippen LogP contribution in [0.1, 0.15) is 38.2 Å². The summed E-state index contributed by atoms with van der Waals surface area (Å²) in [6, 6.07) is 7.27. The molecule has 1 aliphatic rings. The van der Waals surface area contributed by atoms with Crippen molar-refractivity contribution in [2.45, 2.75) is 32.6 Å². The van der Waals surface area contributed by atoms with Crippen LogP contribution < -0.4 is 10.1 Å². The van der Waals surface area contributed by atoms with Gasteiger partial charge in [0.25, 0.3) is 0 Å². The van der Waals surface area contributed by atoms with E-state index in [0.717, 1.165) is 25.7 Å². The lowest BCUT2D eigenvalue weighted by Crippen LogP contribution is -2.27. The fourth-order valence-corrected chi connectivity index (χ4v) is 2.67. The third-order valence-corrected chi connectivity index (χ3v) is 4.00. The SMILES string of the molecule is COc1cccc(C#N)c1NC(=O)C1CCC(C)CC1. The highest BCUT2D eigenvalue weighted by molar-refractivity contribution is 5.95. The molecule has 1 aromatic carbocycles. The zero-order valence-electron chi connectivity index (χ0n) is 12.0. The predicted octanol–water partition coefficient (Wildman–Crippen LogP) is 3.33. The maximum atomic E-state index is 12.3. The topological polar surface area (TPSA) is 62.1 Å². The van der Waals surface area contributed by atoms with Gasteiger partial charge in [-0.15, -0.1) is 0 Å². The van der Waals surface area contributed by atoms with Crippen LogP contribution in [0.3, 0.4) is 0 Å². The average Bonchev–Trinajstić information content (AvgIpc) is 2.48. The quantitative estimate of drug-likeness (QED) is 0.918. The second-order valence-corrected chi connectivity index (χ2v) is 5.44. The van der Waals surface area contributed by atoms with Crippen LogP contribution in [0.25, 0.3) is 0 Å². The van der Waals surface area contributed by atoms with Crippen LogP contribution in [-0.4, -0.2) is 13.0 Å². The Bertz CT molecular complexity index is 526. The number of nitriles is 1. The second-order valence-electron chi connectivity index (χ2n) is 5.44. The van der Waals surface area contributed by atoms with Crippen LogP contribution in [0, 0.1) is 23.2 Å². The summed E-state index contributed by atoms with van der Waals surface area (Å²) >= 11 is 0. The molecule has 4 heteroatoms. The third-order valence-electron chi connectivity index (χ3n) is 4.00. The number of carbonyl (C=O) groups excluding carboxylic acids is 1. The normalized spacial score (nSPS) is 21.9. The minimum absolute atomic E-state index is 0.00194. The number of rotatable bonds is 3. The number of nitrogens with zero attached hydrogens (tertiary/aromatic N) is 1. The van der Waals surface area contributed by atoms with Crippen LogP contribution in [0.2, 0.25) is 0 Å². The maximum absolute atomic E-state index is 12.3. The number of carbonyl (C=O) groups is 1. The van der Waals surface area contributed by atoms with Gasteiger partial charge in [-0.1, -0.05) is 13.0 Å². The lowest BCUT2D eigenvalue weighted by Gasteiger charge is -2.25. The molecule has 4 nitrogen and oxygen atoms in total. The van der Waals surface area contributed by atoms with Crippen LogP contribution in [0.5, 0.6) is 5.75 Å². The van der Waals surface area contributed by atoms with E-state index >= 15 is 0 Å². The van der Waals surface area contributed by atoms with Crippen molar-refractivity contribution in [3.05, 3.63) is 23.8 Å². The molecule has 1 fully saturated rings. The number of amides is 1. The van der Waals surface area contributed by atoms with Gasteiger partial charge in [0, 0.05) is 5.92 Å². The van der Waals surface area contributed by atoms with Gasteiger partial charge < -0.3 is 10.1 Å². The molecule has 2 rings (SSSR count). The Hall–Kier alpha value is -2.02. The molecule has 0 bridgehead atoms. The van der Waals surface area contributed by atoms with Crippen molar-refractivity contribution >= 4 is 11.6 Å². The summed E-state index contributed by atoms with van der Waals surface area (Å²) in [5.74, 6) is 1.28. The summed E-state index contributed by atoms with van der Waals surface area (Å²) in [6.07, 6.45) is 4.03. The molecule has 0 radical (unpaired) electrons. The Labute approximate surface area is 119 Å². The standard InChI is InChI=1S/C16H20N2O2/c1-11-6-8-12(9-7-11)16(19)18-15-13(10-17)4-3-5-14(15)20-2/h3-5,11-12H,6-9H2,1-2H3,(H,18,19). The maximum Gasteiger partial charge on any atom is 0.227 e. The Morgan fingerprint density at radius 1 is 1.35 bits per heavy atom. The number of hydrogen-bond acceptors (Lipinski definition) is 3. The van der Waals surface area contributed by atoms with Gasteiger partial charge >= 0.3 is 0 Å². The fourth-order valence-electron chi connectivity index (χ4n) is 2.67. The highest BCUT2D eigenvalue weighted by Gasteiger charge is 2.25. The average molecular weight is 272 g/mol. The molecule has 20 heavy (non-hydrogen) atoms. The van der Waals surface area contributed by atoms with E-state index in [0.29, 0.717) is 22.9 Å². The zero-order valence-corrected chi connectivity index (χ0v) is 12.0. The van der Waals surface area contributed by atoms with Gasteiger partial charge in [0.05, 0.1) is 12.7 Å². The number of benzene rings is 1. The highest BCUT2D eigenvalue weighted by atomic mass is 16.5. The molecular formula is C16H20N2O2. The van der Waals surface area contributed by atoms with Crippen molar-refractivity contribution < 1.29 is 9.53 Å². The summed E-state index contributed by atoms with van der Waals surface area (Å²) in [4.78, 5) is 12.3. The monoisotopic (exact) mass is 272 g/mol. The Morgan fingerprint density at radius 2 is 2.05 bits per heavy atom. The Kier molecular flexibility index (Phi) is 4.62. The zero-order chi connectivity index (χ0) is 14.5. The predicted molar refractivity (Wildman–Crippen MR) is 77.5 cm³/mol. The van der Waals surface area contributed by atoms with Crippen LogP contribution in [0.15, 0.2) is 18.2 Å². The van der Waals surface area contributed by atoms with Gasteiger partial charge in [0.15, 0.2) is 0 Å². The van der Waals surface area contributed by atoms with E-state index in [1.54, 1.807) is 18.2 Å². The number of para-hydroxylation sites is 1. The highest BCUT2D eigenvalue weighted by Crippen LogP contribution is 2.32. The van der Waals surface area contributed by atoms with E-state index < -0.39 is 0 Å². The molecule has 1 saturated carbocycles. The molecule has 0 unspecified atom stereocenters. The van der Waals surface area contributed by atoms with Gasteiger partial charge in [0.2, 0.25) is 5.91 Å². The molecule has 0 atom stereocenters. The summed E-state index contributed by atoms with van der Waals surface area (Å²) < 4.78 is 5.23. The number of hydrogen-bond donors (Lipinski definition) is 1. The van der Waals surface area contributed by atoms with E-state index in [9.17, 15) is 4.79 Å². The van der Waals surface area contributed by atoms with Crippen LogP contribution >= 0.6 is 0 Å². The fraction of sp³-hybridized carbons (Fsp3) is 0.500.